The topological polar surface area (TPSA) is 48.5 Å². The van der Waals surface area contributed by atoms with E-state index in [9.17, 15) is 0 Å². The van der Waals surface area contributed by atoms with Gasteiger partial charge in [-0.1, -0.05) is 152 Å². The highest BCUT2D eigenvalue weighted by molar-refractivity contribution is 7.26. The highest BCUT2D eigenvalue weighted by atomic mass is 32.1. The number of imidazole rings is 1. The Hall–Kier alpha value is -8.19. The summed E-state index contributed by atoms with van der Waals surface area (Å²) in [6, 6.07) is 71.5. The molecule has 0 saturated heterocycles. The molecule has 0 atom stereocenters. The molecular formula is C59H39N5S. The van der Waals surface area contributed by atoms with Gasteiger partial charge in [0.15, 0.2) is 5.82 Å². The average Bonchev–Trinajstić information content (AvgIpc) is 4.07. The van der Waals surface area contributed by atoms with Crippen molar-refractivity contribution in [2.45, 2.75) is 12.8 Å². The molecule has 0 N–H and O–H groups in total. The molecule has 0 fully saturated rings. The predicted molar refractivity (Wildman–Crippen MR) is 271 cm³/mol. The third-order valence-corrected chi connectivity index (χ3v) is 13.9. The third-order valence-electron chi connectivity index (χ3n) is 12.8. The van der Waals surface area contributed by atoms with E-state index in [1.165, 1.54) is 30.9 Å². The Morgan fingerprint density at radius 3 is 1.78 bits per heavy atom. The van der Waals surface area contributed by atoms with Gasteiger partial charge in [0, 0.05) is 64.6 Å². The summed E-state index contributed by atoms with van der Waals surface area (Å²) in [5.74, 6) is 1.67. The summed E-state index contributed by atoms with van der Waals surface area (Å²) >= 11 is 1.83. The zero-order chi connectivity index (χ0) is 42.8. The van der Waals surface area contributed by atoms with Crippen LogP contribution in [-0.2, 0) is 0 Å². The Morgan fingerprint density at radius 2 is 1.03 bits per heavy atom. The molecule has 0 unspecified atom stereocenters. The van der Waals surface area contributed by atoms with Crippen LogP contribution in [0, 0.1) is 0 Å². The van der Waals surface area contributed by atoms with Gasteiger partial charge < -0.3 is 4.57 Å². The fraction of sp³-hybridized carbons (Fsp3) is 0.0339. The normalized spacial score (nSPS) is 12.4. The lowest BCUT2D eigenvalue weighted by molar-refractivity contribution is 0.998. The first-order valence-corrected chi connectivity index (χ1v) is 23.0. The van der Waals surface area contributed by atoms with Gasteiger partial charge in [0.1, 0.15) is 5.82 Å². The Kier molecular flexibility index (Phi) is 8.78. The molecular weight excluding hydrogens is 811 g/mol. The predicted octanol–water partition coefficient (Wildman–Crippen LogP) is 13.8. The zero-order valence-corrected chi connectivity index (χ0v) is 36.1. The number of fused-ring (bicyclic) bond motifs is 7. The Bertz CT molecular complexity index is 3880. The maximum Gasteiger partial charge on any atom is 0.161 e. The van der Waals surface area contributed by atoms with Crippen molar-refractivity contribution in [1.29, 1.82) is 0 Å². The van der Waals surface area contributed by atoms with Crippen LogP contribution in [0.3, 0.4) is 0 Å². The van der Waals surface area contributed by atoms with Crippen LogP contribution >= 0.6 is 11.3 Å². The zero-order valence-electron chi connectivity index (χ0n) is 35.3. The van der Waals surface area contributed by atoms with Crippen LogP contribution in [0.2, 0.25) is 0 Å². The highest BCUT2D eigenvalue weighted by Gasteiger charge is 2.21. The molecule has 12 aromatic rings. The molecule has 4 aromatic heterocycles. The Balaban J connectivity index is 0.999. The van der Waals surface area contributed by atoms with Crippen LogP contribution in [0.1, 0.15) is 12.8 Å². The lowest BCUT2D eigenvalue weighted by atomic mass is 9.97. The van der Waals surface area contributed by atoms with E-state index in [0.717, 1.165) is 96.5 Å². The van der Waals surface area contributed by atoms with E-state index in [1.54, 1.807) is 0 Å². The molecule has 0 saturated carbocycles. The minimum Gasteiger partial charge on any atom is -0.309 e. The van der Waals surface area contributed by atoms with Gasteiger partial charge in [0.25, 0.3) is 0 Å². The van der Waals surface area contributed by atoms with E-state index in [1.807, 2.05) is 23.5 Å². The van der Waals surface area contributed by atoms with Crippen LogP contribution < -0.4 is 10.7 Å². The van der Waals surface area contributed by atoms with Gasteiger partial charge >= 0.3 is 0 Å². The quantitative estimate of drug-likeness (QED) is 0.160. The monoisotopic (exact) mass is 849 g/mol. The summed E-state index contributed by atoms with van der Waals surface area (Å²) in [5, 5.41) is 7.01. The first-order valence-electron chi connectivity index (χ1n) is 22.2. The molecule has 0 spiro atoms. The fourth-order valence-electron chi connectivity index (χ4n) is 9.76. The van der Waals surface area contributed by atoms with Crippen molar-refractivity contribution in [3.63, 3.8) is 0 Å². The lowest BCUT2D eigenvalue weighted by Gasteiger charge is -2.14. The number of hydrogen-bond donors (Lipinski definition) is 0. The van der Waals surface area contributed by atoms with Crippen molar-refractivity contribution in [1.82, 2.24) is 24.1 Å². The molecule has 0 radical (unpaired) electrons. The molecule has 5 nitrogen and oxygen atoms in total. The molecule has 6 heteroatoms. The maximum absolute atomic E-state index is 5.35. The number of hydrogen-bond acceptors (Lipinski definition) is 4. The first-order chi connectivity index (χ1) is 32.2. The summed E-state index contributed by atoms with van der Waals surface area (Å²) in [5.41, 5.74) is 12.8. The number of aromatic nitrogens is 5. The average molecular weight is 850 g/mol. The number of rotatable bonds is 7. The molecule has 8 aromatic carbocycles. The number of para-hydroxylation sites is 1. The Labute approximate surface area is 379 Å². The number of thiophene rings is 1. The molecule has 13 rings (SSSR count). The van der Waals surface area contributed by atoms with Crippen molar-refractivity contribution in [2.75, 3.05) is 0 Å². The van der Waals surface area contributed by atoms with Crippen LogP contribution in [0.15, 0.2) is 200 Å². The van der Waals surface area contributed by atoms with Crippen molar-refractivity contribution in [2.24, 2.45) is 0 Å². The third kappa shape index (κ3) is 6.33. The van der Waals surface area contributed by atoms with E-state index in [4.69, 9.17) is 15.0 Å². The Morgan fingerprint density at radius 1 is 0.400 bits per heavy atom. The molecule has 1 aliphatic rings. The van der Waals surface area contributed by atoms with E-state index in [-0.39, 0.29) is 0 Å². The first kappa shape index (κ1) is 37.4. The van der Waals surface area contributed by atoms with Crippen LogP contribution in [0.5, 0.6) is 0 Å². The van der Waals surface area contributed by atoms with E-state index in [2.05, 4.69) is 209 Å². The molecule has 0 amide bonds. The van der Waals surface area contributed by atoms with Gasteiger partial charge in [0.2, 0.25) is 0 Å². The second kappa shape index (κ2) is 15.3. The SMILES string of the molecule is C1=c2nc(-c3ccccc3)n(-c3cccc(-n4c5ccccc5c5cc(-c6cc(-c7nc(-c8ccccc8)cc(-c8ccccc8)n7)c7c(c6)sc6ccccc67)ccc54)c3)c2=CCC1. The minimum absolute atomic E-state index is 0.711. The molecule has 0 aliphatic heterocycles. The summed E-state index contributed by atoms with van der Waals surface area (Å²) in [6.07, 6.45) is 6.61. The van der Waals surface area contributed by atoms with Gasteiger partial charge in [-0.15, -0.1) is 11.3 Å². The standard InChI is InChI=1S/C59H39N5S/c1-4-17-38(18-5-1)50-37-51(39-19-6-2-7-20-39)61-58(60-50)48-34-42(35-56-57(48)46-26-11-15-30-55(46)65-56)41-31-32-53-47(33-41)45-25-10-13-28-52(45)63(53)43-23-16-24-44(36-43)64-54-29-14-12-27-49(54)62-59(64)40-21-8-3-9-22-40/h1-11,13,15-37H,12,14H2. The van der Waals surface area contributed by atoms with Gasteiger partial charge in [-0.05, 0) is 84.6 Å². The van der Waals surface area contributed by atoms with Crippen molar-refractivity contribution in [3.05, 3.63) is 211 Å². The minimum atomic E-state index is 0.711. The van der Waals surface area contributed by atoms with Crippen molar-refractivity contribution >= 4 is 65.5 Å². The van der Waals surface area contributed by atoms with Gasteiger partial charge in [0.05, 0.1) is 33.1 Å². The summed E-state index contributed by atoms with van der Waals surface area (Å²) in [7, 11) is 0. The van der Waals surface area contributed by atoms with Crippen LogP contribution in [0.25, 0.3) is 122 Å². The van der Waals surface area contributed by atoms with Crippen molar-refractivity contribution < 1.29 is 0 Å². The van der Waals surface area contributed by atoms with Gasteiger partial charge in [-0.3, -0.25) is 4.57 Å². The van der Waals surface area contributed by atoms with Gasteiger partial charge in [-0.25, -0.2) is 15.0 Å². The van der Waals surface area contributed by atoms with E-state index >= 15 is 0 Å². The van der Waals surface area contributed by atoms with E-state index in [0.29, 0.717) is 5.82 Å². The number of benzene rings is 8. The molecule has 0 bridgehead atoms. The summed E-state index contributed by atoms with van der Waals surface area (Å²) in [6.45, 7) is 0. The summed E-state index contributed by atoms with van der Waals surface area (Å²) in [4.78, 5) is 15.9. The van der Waals surface area contributed by atoms with Crippen LogP contribution in [-0.4, -0.2) is 24.1 Å². The lowest BCUT2D eigenvalue weighted by Crippen LogP contribution is -2.31. The maximum atomic E-state index is 5.35. The largest absolute Gasteiger partial charge is 0.309 e. The molecule has 1 aliphatic carbocycles. The molecule has 306 valence electrons. The fourth-order valence-corrected chi connectivity index (χ4v) is 10.9. The van der Waals surface area contributed by atoms with Gasteiger partial charge in [-0.2, -0.15) is 0 Å². The second-order valence-corrected chi connectivity index (χ2v) is 17.8. The van der Waals surface area contributed by atoms with E-state index < -0.39 is 0 Å². The summed E-state index contributed by atoms with van der Waals surface area (Å²) < 4.78 is 7.19. The highest BCUT2D eigenvalue weighted by Crippen LogP contribution is 2.44. The number of nitrogens with zero attached hydrogens (tertiary/aromatic N) is 5. The molecule has 65 heavy (non-hydrogen) atoms. The van der Waals surface area contributed by atoms with Crippen LogP contribution in [0.4, 0.5) is 0 Å². The smallest absolute Gasteiger partial charge is 0.161 e. The van der Waals surface area contributed by atoms with Crippen molar-refractivity contribution in [3.8, 4) is 67.8 Å². The molecule has 4 heterocycles. The second-order valence-electron chi connectivity index (χ2n) is 16.7.